The molecular formula is C18H25N5O2. The number of nitrogens with one attached hydrogen (secondary N) is 1. The van der Waals surface area contributed by atoms with Gasteiger partial charge in [-0.25, -0.2) is 4.98 Å². The van der Waals surface area contributed by atoms with Gasteiger partial charge in [0.15, 0.2) is 0 Å². The number of carbonyl (C=O) groups excluding carboxylic acids is 1. The van der Waals surface area contributed by atoms with E-state index in [9.17, 15) is 4.79 Å². The zero-order chi connectivity index (χ0) is 17.9. The zero-order valence-electron chi connectivity index (χ0n) is 15.0. The van der Waals surface area contributed by atoms with Gasteiger partial charge in [-0.15, -0.1) is 0 Å². The quantitative estimate of drug-likeness (QED) is 0.917. The predicted octanol–water partition coefficient (Wildman–Crippen LogP) is 2.13. The van der Waals surface area contributed by atoms with E-state index in [-0.39, 0.29) is 11.3 Å². The SMILES string of the molecule is CC(C)(C)c1cc(NC(=O)CN2CCN(c3ccccn3)CC2)on1. The van der Waals surface area contributed by atoms with Gasteiger partial charge in [0.2, 0.25) is 11.8 Å². The van der Waals surface area contributed by atoms with E-state index in [0.717, 1.165) is 37.7 Å². The number of pyridine rings is 1. The maximum atomic E-state index is 12.2. The number of hydrogen-bond acceptors (Lipinski definition) is 6. The van der Waals surface area contributed by atoms with E-state index in [0.29, 0.717) is 12.4 Å². The maximum absolute atomic E-state index is 12.2. The molecule has 0 spiro atoms. The molecule has 1 amide bonds. The lowest BCUT2D eigenvalue weighted by molar-refractivity contribution is -0.117. The highest BCUT2D eigenvalue weighted by Crippen LogP contribution is 2.23. The van der Waals surface area contributed by atoms with Crippen LogP contribution in [0.25, 0.3) is 0 Å². The van der Waals surface area contributed by atoms with Crippen molar-refractivity contribution in [1.29, 1.82) is 0 Å². The first-order valence-corrected chi connectivity index (χ1v) is 8.57. The van der Waals surface area contributed by atoms with Gasteiger partial charge in [-0.05, 0) is 12.1 Å². The second-order valence-corrected chi connectivity index (χ2v) is 7.33. The summed E-state index contributed by atoms with van der Waals surface area (Å²) in [6, 6.07) is 7.71. The Morgan fingerprint density at radius 1 is 1.24 bits per heavy atom. The Morgan fingerprint density at radius 2 is 2.00 bits per heavy atom. The number of hydrogen-bond donors (Lipinski definition) is 1. The molecule has 1 saturated heterocycles. The second-order valence-electron chi connectivity index (χ2n) is 7.33. The van der Waals surface area contributed by atoms with Crippen LogP contribution < -0.4 is 10.2 Å². The highest BCUT2D eigenvalue weighted by Gasteiger charge is 2.22. The second kappa shape index (κ2) is 7.23. The number of nitrogens with zero attached hydrogens (tertiary/aromatic N) is 4. The van der Waals surface area contributed by atoms with E-state index in [1.54, 1.807) is 12.3 Å². The number of amides is 1. The molecule has 25 heavy (non-hydrogen) atoms. The molecule has 1 aliphatic heterocycles. The number of rotatable bonds is 4. The Hall–Kier alpha value is -2.41. The van der Waals surface area contributed by atoms with Crippen LogP contribution in [0.3, 0.4) is 0 Å². The molecule has 1 aliphatic rings. The molecule has 3 heterocycles. The number of piperazine rings is 1. The average Bonchev–Trinajstić information content (AvgIpc) is 3.05. The lowest BCUT2D eigenvalue weighted by Gasteiger charge is -2.34. The molecule has 0 atom stereocenters. The molecule has 2 aromatic rings. The van der Waals surface area contributed by atoms with Crippen LogP contribution >= 0.6 is 0 Å². The third-order valence-corrected chi connectivity index (χ3v) is 4.25. The number of carbonyl (C=O) groups is 1. The first kappa shape index (κ1) is 17.4. The molecule has 0 bridgehead atoms. The molecule has 3 rings (SSSR count). The van der Waals surface area contributed by atoms with Crippen LogP contribution in [0.5, 0.6) is 0 Å². The molecule has 134 valence electrons. The van der Waals surface area contributed by atoms with Crippen molar-refractivity contribution in [3.63, 3.8) is 0 Å². The van der Waals surface area contributed by atoms with Gasteiger partial charge in [-0.3, -0.25) is 15.0 Å². The zero-order valence-corrected chi connectivity index (χ0v) is 15.0. The lowest BCUT2D eigenvalue weighted by Crippen LogP contribution is -2.48. The maximum Gasteiger partial charge on any atom is 0.240 e. The third kappa shape index (κ3) is 4.57. The van der Waals surface area contributed by atoms with E-state index in [2.05, 4.69) is 46.0 Å². The molecule has 0 radical (unpaired) electrons. The minimum absolute atomic E-state index is 0.0807. The van der Waals surface area contributed by atoms with Crippen LogP contribution in [-0.2, 0) is 10.2 Å². The lowest BCUT2D eigenvalue weighted by atomic mass is 9.92. The summed E-state index contributed by atoms with van der Waals surface area (Å²) in [6.45, 7) is 9.89. The molecular weight excluding hydrogens is 318 g/mol. The summed E-state index contributed by atoms with van der Waals surface area (Å²) in [5, 5.41) is 6.80. The van der Waals surface area contributed by atoms with E-state index in [4.69, 9.17) is 4.52 Å². The molecule has 0 aliphatic carbocycles. The minimum Gasteiger partial charge on any atom is -0.354 e. The molecule has 7 nitrogen and oxygen atoms in total. The van der Waals surface area contributed by atoms with Gasteiger partial charge in [0.1, 0.15) is 5.82 Å². The summed E-state index contributed by atoms with van der Waals surface area (Å²) in [5.41, 5.74) is 0.723. The topological polar surface area (TPSA) is 74.5 Å². The fraction of sp³-hybridized carbons (Fsp3) is 0.500. The molecule has 7 heteroatoms. The van der Waals surface area contributed by atoms with Crippen molar-refractivity contribution < 1.29 is 9.32 Å². The number of anilines is 2. The Labute approximate surface area is 148 Å². The van der Waals surface area contributed by atoms with Crippen LogP contribution in [0.4, 0.5) is 11.7 Å². The van der Waals surface area contributed by atoms with E-state index in [1.807, 2.05) is 18.2 Å². The first-order valence-electron chi connectivity index (χ1n) is 8.57. The van der Waals surface area contributed by atoms with Crippen molar-refractivity contribution in [3.05, 3.63) is 36.2 Å². The van der Waals surface area contributed by atoms with Gasteiger partial charge >= 0.3 is 0 Å². The molecule has 0 saturated carbocycles. The summed E-state index contributed by atoms with van der Waals surface area (Å²) < 4.78 is 5.21. The predicted molar refractivity (Wildman–Crippen MR) is 96.7 cm³/mol. The summed E-state index contributed by atoms with van der Waals surface area (Å²) in [7, 11) is 0. The fourth-order valence-electron chi connectivity index (χ4n) is 2.74. The van der Waals surface area contributed by atoms with Crippen molar-refractivity contribution in [3.8, 4) is 0 Å². The largest absolute Gasteiger partial charge is 0.354 e. The molecule has 0 unspecified atom stereocenters. The van der Waals surface area contributed by atoms with E-state index >= 15 is 0 Å². The Morgan fingerprint density at radius 3 is 2.60 bits per heavy atom. The molecule has 2 aromatic heterocycles. The normalized spacial score (nSPS) is 16.0. The first-order chi connectivity index (χ1) is 11.9. The highest BCUT2D eigenvalue weighted by atomic mass is 16.5. The molecule has 0 aromatic carbocycles. The van der Waals surface area contributed by atoms with Gasteiger partial charge in [-0.1, -0.05) is 32.0 Å². The van der Waals surface area contributed by atoms with Gasteiger partial charge in [0.05, 0.1) is 12.2 Å². The summed E-state index contributed by atoms with van der Waals surface area (Å²) >= 11 is 0. The summed E-state index contributed by atoms with van der Waals surface area (Å²) in [5.74, 6) is 1.31. The Balaban J connectivity index is 1.47. The van der Waals surface area contributed by atoms with E-state index in [1.165, 1.54) is 0 Å². The molecule has 1 fully saturated rings. The van der Waals surface area contributed by atoms with E-state index < -0.39 is 0 Å². The number of aromatic nitrogens is 2. The average molecular weight is 343 g/mol. The van der Waals surface area contributed by atoms with Crippen LogP contribution in [0, 0.1) is 0 Å². The van der Waals surface area contributed by atoms with Crippen molar-refractivity contribution in [2.45, 2.75) is 26.2 Å². The highest BCUT2D eigenvalue weighted by molar-refractivity contribution is 5.91. The van der Waals surface area contributed by atoms with Crippen LogP contribution in [0.15, 0.2) is 35.0 Å². The standard InChI is InChI=1S/C18H25N5O2/c1-18(2,3)14-12-17(25-21-14)20-16(24)13-22-8-10-23(11-9-22)15-6-4-5-7-19-15/h4-7,12H,8-11,13H2,1-3H3,(H,20,24). The smallest absolute Gasteiger partial charge is 0.240 e. The van der Waals surface area contributed by atoms with Gasteiger partial charge in [0.25, 0.3) is 0 Å². The van der Waals surface area contributed by atoms with Crippen LogP contribution in [0.1, 0.15) is 26.5 Å². The summed E-state index contributed by atoms with van der Waals surface area (Å²) in [6.07, 6.45) is 1.80. The van der Waals surface area contributed by atoms with Gasteiger partial charge in [-0.2, -0.15) is 0 Å². The van der Waals surface area contributed by atoms with Gasteiger partial charge < -0.3 is 9.42 Å². The Kier molecular flexibility index (Phi) is 5.03. The minimum atomic E-state index is -0.103. The van der Waals surface area contributed by atoms with Crippen molar-refractivity contribution in [1.82, 2.24) is 15.0 Å². The third-order valence-electron chi connectivity index (χ3n) is 4.25. The van der Waals surface area contributed by atoms with Gasteiger partial charge in [0, 0.05) is 43.9 Å². The van der Waals surface area contributed by atoms with Crippen LogP contribution in [0.2, 0.25) is 0 Å². The van der Waals surface area contributed by atoms with Crippen molar-refractivity contribution in [2.24, 2.45) is 0 Å². The Bertz CT molecular complexity index is 700. The fourth-order valence-corrected chi connectivity index (χ4v) is 2.74. The molecule has 1 N–H and O–H groups in total. The van der Waals surface area contributed by atoms with Crippen molar-refractivity contribution >= 4 is 17.6 Å². The monoisotopic (exact) mass is 343 g/mol. The van der Waals surface area contributed by atoms with Crippen molar-refractivity contribution in [2.75, 3.05) is 42.9 Å². The summed E-state index contributed by atoms with van der Waals surface area (Å²) in [4.78, 5) is 21.0. The van der Waals surface area contributed by atoms with Crippen LogP contribution in [-0.4, -0.2) is 53.7 Å².